The van der Waals surface area contributed by atoms with Crippen LogP contribution in [0.25, 0.3) is 0 Å². The highest BCUT2D eigenvalue weighted by atomic mass is 35.5. The zero-order valence-electron chi connectivity index (χ0n) is 18.3. The Morgan fingerprint density at radius 1 is 1.13 bits per heavy atom. The summed E-state index contributed by atoms with van der Waals surface area (Å²) in [6.07, 6.45) is 1.06. The number of hydrogen-bond acceptors (Lipinski definition) is 4. The van der Waals surface area contributed by atoms with Crippen molar-refractivity contribution in [2.24, 2.45) is 0 Å². The molecule has 0 saturated heterocycles. The molecule has 0 saturated carbocycles. The van der Waals surface area contributed by atoms with Gasteiger partial charge in [0.1, 0.15) is 0 Å². The van der Waals surface area contributed by atoms with Crippen LogP contribution in [0.2, 0.25) is 5.02 Å². The van der Waals surface area contributed by atoms with Crippen LogP contribution in [0.15, 0.2) is 42.5 Å². The molecule has 0 aliphatic carbocycles. The van der Waals surface area contributed by atoms with E-state index >= 15 is 0 Å². The van der Waals surface area contributed by atoms with Crippen LogP contribution in [0.3, 0.4) is 0 Å². The lowest BCUT2D eigenvalue weighted by Crippen LogP contribution is -2.39. The van der Waals surface area contributed by atoms with Crippen molar-refractivity contribution in [3.8, 4) is 0 Å². The second kappa shape index (κ2) is 10.8. The normalized spacial score (nSPS) is 13.9. The van der Waals surface area contributed by atoms with E-state index in [1.54, 1.807) is 0 Å². The number of fused-ring (bicyclic) bond motifs is 1. The summed E-state index contributed by atoms with van der Waals surface area (Å²) >= 11 is 6.35. The van der Waals surface area contributed by atoms with Gasteiger partial charge < -0.3 is 15.1 Å². The molecule has 162 valence electrons. The number of rotatable bonds is 9. The molecule has 2 aromatic carbocycles. The van der Waals surface area contributed by atoms with Crippen LogP contribution in [0, 0.1) is 0 Å². The molecule has 0 atom stereocenters. The van der Waals surface area contributed by atoms with Gasteiger partial charge in [0.15, 0.2) is 0 Å². The number of likely N-dealkylation sites (N-methyl/N-ethyl adjacent to an activating group) is 2. The monoisotopic (exact) mass is 428 g/mol. The molecular weight excluding hydrogens is 396 g/mol. The summed E-state index contributed by atoms with van der Waals surface area (Å²) in [7, 11) is 4.04. The highest BCUT2D eigenvalue weighted by molar-refractivity contribution is 6.31. The number of halogens is 1. The minimum atomic E-state index is 0.0810. The second-order valence-corrected chi connectivity index (χ2v) is 8.53. The fraction of sp³-hybridized carbons (Fsp3) is 0.458. The van der Waals surface area contributed by atoms with Gasteiger partial charge in [-0.3, -0.25) is 9.69 Å². The Morgan fingerprint density at radius 2 is 1.93 bits per heavy atom. The molecule has 0 aromatic heterocycles. The SMILES string of the molecule is CCN1CCc2cccc(NCC(=O)N(CCN(C)C)Cc3ccccc3Cl)c2C1. The third-order valence-corrected chi connectivity index (χ3v) is 6.09. The van der Waals surface area contributed by atoms with Crippen molar-refractivity contribution in [3.05, 3.63) is 64.2 Å². The first-order valence-electron chi connectivity index (χ1n) is 10.7. The predicted molar refractivity (Wildman–Crippen MR) is 125 cm³/mol. The summed E-state index contributed by atoms with van der Waals surface area (Å²) in [4.78, 5) is 19.5. The molecule has 3 rings (SSSR count). The fourth-order valence-corrected chi connectivity index (χ4v) is 4.00. The molecule has 0 unspecified atom stereocenters. The van der Waals surface area contributed by atoms with Crippen LogP contribution in [-0.2, 0) is 24.3 Å². The van der Waals surface area contributed by atoms with Gasteiger partial charge in [-0.05, 0) is 55.9 Å². The average Bonchev–Trinajstić information content (AvgIpc) is 2.75. The molecular formula is C24H33ClN4O. The lowest BCUT2D eigenvalue weighted by Gasteiger charge is -2.30. The van der Waals surface area contributed by atoms with Crippen LogP contribution in [0.4, 0.5) is 5.69 Å². The van der Waals surface area contributed by atoms with Crippen LogP contribution < -0.4 is 5.32 Å². The van der Waals surface area contributed by atoms with Gasteiger partial charge in [0.05, 0.1) is 6.54 Å². The van der Waals surface area contributed by atoms with Gasteiger partial charge in [0.2, 0.25) is 5.91 Å². The summed E-state index contributed by atoms with van der Waals surface area (Å²) in [5.74, 6) is 0.0810. The molecule has 0 fully saturated rings. The predicted octanol–water partition coefficient (Wildman–Crippen LogP) is 3.72. The molecule has 0 radical (unpaired) electrons. The molecule has 2 aromatic rings. The van der Waals surface area contributed by atoms with E-state index in [1.165, 1.54) is 11.1 Å². The number of nitrogens with zero attached hydrogens (tertiary/aromatic N) is 3. The molecule has 1 amide bonds. The Bertz CT molecular complexity index is 855. The van der Waals surface area contributed by atoms with Crippen molar-refractivity contribution < 1.29 is 4.79 Å². The summed E-state index contributed by atoms with van der Waals surface area (Å²) in [6.45, 7) is 7.54. The Morgan fingerprint density at radius 3 is 2.67 bits per heavy atom. The largest absolute Gasteiger partial charge is 0.376 e. The van der Waals surface area contributed by atoms with Crippen molar-refractivity contribution in [3.63, 3.8) is 0 Å². The summed E-state index contributed by atoms with van der Waals surface area (Å²) in [5.41, 5.74) is 4.76. The van der Waals surface area contributed by atoms with Gasteiger partial charge in [0, 0.05) is 43.4 Å². The molecule has 5 nitrogen and oxygen atoms in total. The van der Waals surface area contributed by atoms with E-state index < -0.39 is 0 Å². The lowest BCUT2D eigenvalue weighted by atomic mass is 9.98. The number of anilines is 1. The maximum atomic E-state index is 13.1. The first-order chi connectivity index (χ1) is 14.5. The number of carbonyl (C=O) groups is 1. The number of hydrogen-bond donors (Lipinski definition) is 1. The standard InChI is InChI=1S/C24H33ClN4O/c1-4-28-13-12-19-9-7-11-23(21(19)18-28)26-16-24(30)29(15-14-27(2)3)17-20-8-5-6-10-22(20)25/h5-11,26H,4,12-18H2,1-3H3. The van der Waals surface area contributed by atoms with E-state index in [4.69, 9.17) is 11.6 Å². The average molecular weight is 429 g/mol. The molecule has 0 spiro atoms. The third-order valence-electron chi connectivity index (χ3n) is 5.72. The number of amides is 1. The number of benzene rings is 2. The van der Waals surface area contributed by atoms with Crippen molar-refractivity contribution in [1.29, 1.82) is 0 Å². The summed E-state index contributed by atoms with van der Waals surface area (Å²) in [5, 5.41) is 4.12. The Labute approximate surface area is 185 Å². The number of carbonyl (C=O) groups excluding carboxylic acids is 1. The van der Waals surface area contributed by atoms with E-state index in [0.29, 0.717) is 18.1 Å². The topological polar surface area (TPSA) is 38.8 Å². The van der Waals surface area contributed by atoms with Crippen molar-refractivity contribution in [1.82, 2.24) is 14.7 Å². The fourth-order valence-electron chi connectivity index (χ4n) is 3.80. The van der Waals surface area contributed by atoms with Crippen molar-refractivity contribution in [2.75, 3.05) is 52.1 Å². The van der Waals surface area contributed by atoms with Gasteiger partial charge in [-0.25, -0.2) is 0 Å². The zero-order chi connectivity index (χ0) is 21.5. The van der Waals surface area contributed by atoms with E-state index in [2.05, 4.69) is 40.2 Å². The van der Waals surface area contributed by atoms with Gasteiger partial charge in [-0.1, -0.05) is 48.9 Å². The Hall–Kier alpha value is -2.08. The Kier molecular flexibility index (Phi) is 8.14. The minimum Gasteiger partial charge on any atom is -0.376 e. The molecule has 30 heavy (non-hydrogen) atoms. The van der Waals surface area contributed by atoms with Crippen LogP contribution in [-0.4, -0.2) is 67.4 Å². The highest BCUT2D eigenvalue weighted by Gasteiger charge is 2.20. The van der Waals surface area contributed by atoms with Gasteiger partial charge in [-0.15, -0.1) is 0 Å². The first-order valence-corrected chi connectivity index (χ1v) is 11.1. The summed E-state index contributed by atoms with van der Waals surface area (Å²) < 4.78 is 0. The molecule has 1 aliphatic rings. The van der Waals surface area contributed by atoms with Crippen LogP contribution in [0.1, 0.15) is 23.6 Å². The maximum Gasteiger partial charge on any atom is 0.242 e. The van der Waals surface area contributed by atoms with Gasteiger partial charge in [0.25, 0.3) is 0 Å². The Balaban J connectivity index is 1.69. The molecule has 1 heterocycles. The molecule has 1 N–H and O–H groups in total. The van der Waals surface area contributed by atoms with Crippen molar-refractivity contribution >= 4 is 23.2 Å². The second-order valence-electron chi connectivity index (χ2n) is 8.13. The van der Waals surface area contributed by atoms with Gasteiger partial charge >= 0.3 is 0 Å². The first kappa shape index (κ1) is 22.6. The lowest BCUT2D eigenvalue weighted by molar-refractivity contribution is -0.130. The quantitative estimate of drug-likeness (QED) is 0.660. The van der Waals surface area contributed by atoms with E-state index in [0.717, 1.165) is 43.9 Å². The van der Waals surface area contributed by atoms with Gasteiger partial charge in [-0.2, -0.15) is 0 Å². The van der Waals surface area contributed by atoms with Crippen LogP contribution >= 0.6 is 11.6 Å². The maximum absolute atomic E-state index is 13.1. The number of nitrogens with one attached hydrogen (secondary N) is 1. The molecule has 6 heteroatoms. The van der Waals surface area contributed by atoms with Crippen molar-refractivity contribution in [2.45, 2.75) is 26.4 Å². The van der Waals surface area contributed by atoms with E-state index in [1.807, 2.05) is 43.3 Å². The smallest absolute Gasteiger partial charge is 0.242 e. The molecule has 0 bridgehead atoms. The summed E-state index contributed by atoms with van der Waals surface area (Å²) in [6, 6.07) is 14.1. The third kappa shape index (κ3) is 5.97. The molecule has 1 aliphatic heterocycles. The zero-order valence-corrected chi connectivity index (χ0v) is 19.1. The van der Waals surface area contributed by atoms with E-state index in [-0.39, 0.29) is 12.5 Å². The van der Waals surface area contributed by atoms with Crippen LogP contribution in [0.5, 0.6) is 0 Å². The minimum absolute atomic E-state index is 0.0810. The van der Waals surface area contributed by atoms with E-state index in [9.17, 15) is 4.79 Å². The highest BCUT2D eigenvalue weighted by Crippen LogP contribution is 2.26.